The number of hydrogen-bond acceptors (Lipinski definition) is 4. The van der Waals surface area contributed by atoms with Crippen molar-refractivity contribution in [2.45, 2.75) is 25.2 Å². The molecule has 11 heteroatoms. The predicted molar refractivity (Wildman–Crippen MR) is 122 cm³/mol. The SMILES string of the molecule is C[C@H](NC(=O)C(F)(F)F)[C@H](Oc1cc(C=N)c(Nc2ccc(F)cc2)cc1Cl)c1ccc(F)cc1. The first-order valence-electron chi connectivity index (χ1n) is 10.1. The Morgan fingerprint density at radius 3 is 2.14 bits per heavy atom. The van der Waals surface area contributed by atoms with Gasteiger partial charge in [0, 0.05) is 23.2 Å². The number of halogens is 6. The Labute approximate surface area is 202 Å². The molecule has 0 aliphatic rings. The smallest absolute Gasteiger partial charge is 0.471 e. The van der Waals surface area contributed by atoms with Gasteiger partial charge in [-0.25, -0.2) is 8.78 Å². The second kappa shape index (κ2) is 10.7. The molecule has 3 rings (SSSR count). The molecule has 5 nitrogen and oxygen atoms in total. The van der Waals surface area contributed by atoms with Crippen LogP contribution in [0.5, 0.6) is 5.75 Å². The van der Waals surface area contributed by atoms with E-state index >= 15 is 0 Å². The van der Waals surface area contributed by atoms with E-state index < -0.39 is 35.9 Å². The van der Waals surface area contributed by atoms with Crippen molar-refractivity contribution in [3.63, 3.8) is 0 Å². The van der Waals surface area contributed by atoms with Gasteiger partial charge >= 0.3 is 12.1 Å². The molecule has 0 spiro atoms. The largest absolute Gasteiger partial charge is 0.482 e. The lowest BCUT2D eigenvalue weighted by molar-refractivity contribution is -0.174. The van der Waals surface area contributed by atoms with Crippen molar-refractivity contribution in [3.8, 4) is 5.75 Å². The molecule has 3 N–H and O–H groups in total. The van der Waals surface area contributed by atoms with Crippen LogP contribution in [-0.4, -0.2) is 24.3 Å². The van der Waals surface area contributed by atoms with Gasteiger partial charge in [0.1, 0.15) is 23.5 Å². The quantitative estimate of drug-likeness (QED) is 0.237. The van der Waals surface area contributed by atoms with Gasteiger partial charge in [0.25, 0.3) is 0 Å². The number of carbonyl (C=O) groups excluding carboxylic acids is 1. The summed E-state index contributed by atoms with van der Waals surface area (Å²) in [7, 11) is 0. The molecule has 0 saturated carbocycles. The number of anilines is 2. The number of rotatable bonds is 8. The fourth-order valence-electron chi connectivity index (χ4n) is 3.19. The van der Waals surface area contributed by atoms with E-state index in [1.807, 2.05) is 5.32 Å². The number of benzene rings is 3. The van der Waals surface area contributed by atoms with Gasteiger partial charge in [-0.05, 0) is 61.0 Å². The van der Waals surface area contributed by atoms with Gasteiger partial charge in [0.05, 0.1) is 11.1 Å². The van der Waals surface area contributed by atoms with E-state index in [1.54, 1.807) is 0 Å². The summed E-state index contributed by atoms with van der Waals surface area (Å²) in [6, 6.07) is 11.9. The Balaban J connectivity index is 1.93. The van der Waals surface area contributed by atoms with Crippen LogP contribution in [0.15, 0.2) is 60.7 Å². The molecule has 2 atom stereocenters. The zero-order valence-electron chi connectivity index (χ0n) is 18.1. The third-order valence-corrected chi connectivity index (χ3v) is 5.20. The predicted octanol–water partition coefficient (Wildman–Crippen LogP) is 6.55. The van der Waals surface area contributed by atoms with Crippen LogP contribution in [0.3, 0.4) is 0 Å². The minimum atomic E-state index is -5.11. The Bertz CT molecular complexity index is 1200. The van der Waals surface area contributed by atoms with Gasteiger partial charge < -0.3 is 20.8 Å². The van der Waals surface area contributed by atoms with E-state index in [1.165, 1.54) is 55.5 Å². The van der Waals surface area contributed by atoms with E-state index in [2.05, 4.69) is 5.32 Å². The molecule has 0 unspecified atom stereocenters. The third-order valence-electron chi connectivity index (χ3n) is 4.91. The van der Waals surface area contributed by atoms with E-state index in [4.69, 9.17) is 21.7 Å². The maximum atomic E-state index is 13.4. The molecule has 35 heavy (non-hydrogen) atoms. The van der Waals surface area contributed by atoms with Crippen molar-refractivity contribution in [1.82, 2.24) is 5.32 Å². The second-order valence-corrected chi connectivity index (χ2v) is 7.90. The average Bonchev–Trinajstić information content (AvgIpc) is 2.80. The molecule has 1 amide bonds. The van der Waals surface area contributed by atoms with Crippen LogP contribution in [0.25, 0.3) is 0 Å². The Hall–Kier alpha value is -3.66. The van der Waals surface area contributed by atoms with Gasteiger partial charge in [-0.3, -0.25) is 4.79 Å². The van der Waals surface area contributed by atoms with Gasteiger partial charge in [0.2, 0.25) is 0 Å². The maximum Gasteiger partial charge on any atom is 0.471 e. The lowest BCUT2D eigenvalue weighted by atomic mass is 10.0. The summed E-state index contributed by atoms with van der Waals surface area (Å²) in [6.45, 7) is 1.30. The summed E-state index contributed by atoms with van der Waals surface area (Å²) in [5, 5.41) is 12.6. The molecule has 0 aromatic heterocycles. The van der Waals surface area contributed by atoms with E-state index in [0.29, 0.717) is 16.9 Å². The highest BCUT2D eigenvalue weighted by Gasteiger charge is 2.40. The molecule has 184 valence electrons. The molecule has 3 aromatic carbocycles. The fourth-order valence-corrected chi connectivity index (χ4v) is 3.40. The monoisotopic (exact) mass is 511 g/mol. The van der Waals surface area contributed by atoms with Crippen molar-refractivity contribution in [2.24, 2.45) is 0 Å². The number of carbonyl (C=O) groups is 1. The molecule has 0 aliphatic carbocycles. The minimum Gasteiger partial charge on any atom is -0.482 e. The zero-order chi connectivity index (χ0) is 25.8. The van der Waals surface area contributed by atoms with E-state index in [0.717, 1.165) is 18.3 Å². The summed E-state index contributed by atoms with van der Waals surface area (Å²) in [6.07, 6.45) is -5.30. The molecule has 0 radical (unpaired) electrons. The minimum absolute atomic E-state index is 0.0113. The van der Waals surface area contributed by atoms with E-state index in [9.17, 15) is 26.7 Å². The van der Waals surface area contributed by atoms with Gasteiger partial charge in [0.15, 0.2) is 0 Å². The number of ether oxygens (including phenoxy) is 1. The topological polar surface area (TPSA) is 74.2 Å². The van der Waals surface area contributed by atoms with Crippen LogP contribution < -0.4 is 15.4 Å². The van der Waals surface area contributed by atoms with Crippen molar-refractivity contribution >= 4 is 35.1 Å². The lowest BCUT2D eigenvalue weighted by Crippen LogP contribution is -2.45. The van der Waals surface area contributed by atoms with E-state index in [-0.39, 0.29) is 16.3 Å². The molecule has 0 aliphatic heterocycles. The lowest BCUT2D eigenvalue weighted by Gasteiger charge is -2.27. The summed E-state index contributed by atoms with van der Waals surface area (Å²) in [5.74, 6) is -3.15. The zero-order valence-corrected chi connectivity index (χ0v) is 18.8. The van der Waals surface area contributed by atoms with Crippen LogP contribution in [0.1, 0.15) is 24.2 Å². The highest BCUT2D eigenvalue weighted by Crippen LogP contribution is 2.36. The third kappa shape index (κ3) is 6.69. The normalized spacial score (nSPS) is 13.0. The highest BCUT2D eigenvalue weighted by molar-refractivity contribution is 6.32. The number of amides is 1. The Kier molecular flexibility index (Phi) is 7.96. The van der Waals surface area contributed by atoms with Crippen LogP contribution in [0, 0.1) is 17.0 Å². The van der Waals surface area contributed by atoms with Crippen molar-refractivity contribution in [1.29, 1.82) is 5.41 Å². The molecular formula is C24H19ClF5N3O2. The van der Waals surface area contributed by atoms with Crippen molar-refractivity contribution in [3.05, 3.63) is 88.4 Å². The highest BCUT2D eigenvalue weighted by atomic mass is 35.5. The van der Waals surface area contributed by atoms with Gasteiger partial charge in [-0.15, -0.1) is 0 Å². The number of hydrogen-bond donors (Lipinski definition) is 3. The van der Waals surface area contributed by atoms with Crippen LogP contribution in [-0.2, 0) is 4.79 Å². The Morgan fingerprint density at radius 1 is 1.03 bits per heavy atom. The van der Waals surface area contributed by atoms with Crippen molar-refractivity contribution in [2.75, 3.05) is 5.32 Å². The molecule has 0 saturated heterocycles. The van der Waals surface area contributed by atoms with Gasteiger partial charge in [-0.1, -0.05) is 23.7 Å². The summed E-state index contributed by atoms with van der Waals surface area (Å²) >= 11 is 6.36. The molecule has 0 bridgehead atoms. The Morgan fingerprint density at radius 2 is 1.60 bits per heavy atom. The molecule has 3 aromatic rings. The first-order chi connectivity index (χ1) is 16.5. The molecule has 0 heterocycles. The standard InChI is InChI=1S/C24H19ClF5N3O2/c1-13(32-23(34)24(28,29)30)22(14-2-4-16(26)5-3-14)35-21-10-15(12-31)20(11-19(21)25)33-18-8-6-17(27)7-9-18/h2-13,22,31,33H,1H3,(H,32,34)/t13-,22-/m0/s1. The van der Waals surface area contributed by atoms with Crippen molar-refractivity contribution < 1.29 is 31.5 Å². The average molecular weight is 512 g/mol. The van der Waals surface area contributed by atoms with Crippen LogP contribution in [0.2, 0.25) is 5.02 Å². The first kappa shape index (κ1) is 26.0. The summed E-state index contributed by atoms with van der Waals surface area (Å²) in [5.41, 5.74) is 1.49. The first-order valence-corrected chi connectivity index (χ1v) is 10.5. The summed E-state index contributed by atoms with van der Waals surface area (Å²) in [4.78, 5) is 11.5. The fraction of sp³-hybridized carbons (Fsp3) is 0.167. The van der Waals surface area contributed by atoms with Crippen LogP contribution >= 0.6 is 11.6 Å². The second-order valence-electron chi connectivity index (χ2n) is 7.50. The number of nitrogens with one attached hydrogen (secondary N) is 3. The number of alkyl halides is 3. The van der Waals surface area contributed by atoms with Crippen LogP contribution in [0.4, 0.5) is 33.3 Å². The van der Waals surface area contributed by atoms with Gasteiger partial charge in [-0.2, -0.15) is 13.2 Å². The summed E-state index contributed by atoms with van der Waals surface area (Å²) < 4.78 is 70.8. The maximum absolute atomic E-state index is 13.4. The molecular weight excluding hydrogens is 493 g/mol. The molecule has 0 fully saturated rings.